The maximum atomic E-state index is 9.13. The molecule has 0 heterocycles. The van der Waals surface area contributed by atoms with Gasteiger partial charge in [0.25, 0.3) is 0 Å². The smallest absolute Gasteiger partial charge is 0.136 e. The van der Waals surface area contributed by atoms with Crippen LogP contribution in [0.15, 0.2) is 6.07 Å². The standard InChI is InChI=1S/C7H5Cl3O/c1-3-6(9)4(8)2-5(11)7(3)10/h2,11H,1H3. The molecule has 0 bridgehead atoms. The highest BCUT2D eigenvalue weighted by Gasteiger charge is 2.09. The number of halogens is 3. The minimum Gasteiger partial charge on any atom is -0.506 e. The van der Waals surface area contributed by atoms with Gasteiger partial charge < -0.3 is 5.11 Å². The van der Waals surface area contributed by atoms with E-state index < -0.39 is 0 Å². The molecule has 0 atom stereocenters. The second kappa shape index (κ2) is 3.10. The molecular formula is C7H5Cl3O. The summed E-state index contributed by atoms with van der Waals surface area (Å²) in [6.07, 6.45) is 0. The van der Waals surface area contributed by atoms with Gasteiger partial charge in [-0.3, -0.25) is 0 Å². The molecular weight excluding hydrogens is 206 g/mol. The number of hydrogen-bond donors (Lipinski definition) is 1. The van der Waals surface area contributed by atoms with Gasteiger partial charge in [-0.2, -0.15) is 0 Å². The summed E-state index contributed by atoms with van der Waals surface area (Å²) in [6, 6.07) is 1.32. The Balaban J connectivity index is 3.46. The van der Waals surface area contributed by atoms with Gasteiger partial charge in [0.15, 0.2) is 0 Å². The van der Waals surface area contributed by atoms with Gasteiger partial charge in [-0.1, -0.05) is 34.8 Å². The Bertz CT molecular complexity index is 270. The van der Waals surface area contributed by atoms with Crippen LogP contribution in [0.3, 0.4) is 0 Å². The van der Waals surface area contributed by atoms with Crippen LogP contribution in [0, 0.1) is 6.92 Å². The Morgan fingerprint density at radius 2 is 1.73 bits per heavy atom. The average molecular weight is 211 g/mol. The molecule has 1 rings (SSSR count). The van der Waals surface area contributed by atoms with E-state index >= 15 is 0 Å². The van der Waals surface area contributed by atoms with Crippen molar-refractivity contribution in [2.24, 2.45) is 0 Å². The van der Waals surface area contributed by atoms with Crippen LogP contribution in [0.5, 0.6) is 5.75 Å². The third-order valence-electron chi connectivity index (χ3n) is 1.36. The molecule has 4 heteroatoms. The van der Waals surface area contributed by atoms with Crippen LogP contribution >= 0.6 is 34.8 Å². The molecule has 0 aliphatic rings. The van der Waals surface area contributed by atoms with Crippen LogP contribution < -0.4 is 0 Å². The molecule has 1 aromatic carbocycles. The van der Waals surface area contributed by atoms with Gasteiger partial charge in [-0.05, 0) is 12.5 Å². The van der Waals surface area contributed by atoms with E-state index in [1.807, 2.05) is 0 Å². The van der Waals surface area contributed by atoms with E-state index in [1.54, 1.807) is 6.92 Å². The number of phenols is 1. The summed E-state index contributed by atoms with van der Waals surface area (Å²) < 4.78 is 0. The molecule has 0 fully saturated rings. The Morgan fingerprint density at radius 1 is 1.18 bits per heavy atom. The largest absolute Gasteiger partial charge is 0.506 e. The third kappa shape index (κ3) is 1.56. The van der Waals surface area contributed by atoms with E-state index in [9.17, 15) is 0 Å². The molecule has 11 heavy (non-hydrogen) atoms. The van der Waals surface area contributed by atoms with E-state index in [2.05, 4.69) is 0 Å². The summed E-state index contributed by atoms with van der Waals surface area (Å²) in [5.41, 5.74) is 0.596. The highest BCUT2D eigenvalue weighted by molar-refractivity contribution is 6.44. The Hall–Kier alpha value is -0.110. The van der Waals surface area contributed by atoms with Gasteiger partial charge in [0.05, 0.1) is 15.1 Å². The third-order valence-corrected chi connectivity index (χ3v) is 2.72. The molecule has 0 saturated heterocycles. The van der Waals surface area contributed by atoms with Crippen molar-refractivity contribution in [2.75, 3.05) is 0 Å². The molecule has 0 aliphatic carbocycles. The van der Waals surface area contributed by atoms with Gasteiger partial charge in [0.2, 0.25) is 0 Å². The molecule has 0 unspecified atom stereocenters. The molecule has 0 saturated carbocycles. The van der Waals surface area contributed by atoms with Gasteiger partial charge in [-0.25, -0.2) is 0 Å². The topological polar surface area (TPSA) is 20.2 Å². The maximum Gasteiger partial charge on any atom is 0.136 e. The quantitative estimate of drug-likeness (QED) is 0.649. The summed E-state index contributed by atoms with van der Waals surface area (Å²) in [7, 11) is 0. The lowest BCUT2D eigenvalue weighted by Crippen LogP contribution is -1.79. The van der Waals surface area contributed by atoms with Crippen molar-refractivity contribution in [3.63, 3.8) is 0 Å². The van der Waals surface area contributed by atoms with Crippen molar-refractivity contribution in [3.8, 4) is 5.75 Å². The lowest BCUT2D eigenvalue weighted by atomic mass is 10.2. The van der Waals surface area contributed by atoms with Crippen LogP contribution in [-0.2, 0) is 0 Å². The number of benzene rings is 1. The SMILES string of the molecule is Cc1c(Cl)c(O)cc(Cl)c1Cl. The molecule has 0 radical (unpaired) electrons. The fourth-order valence-corrected chi connectivity index (χ4v) is 1.31. The highest BCUT2D eigenvalue weighted by atomic mass is 35.5. The monoisotopic (exact) mass is 210 g/mol. The zero-order valence-corrected chi connectivity index (χ0v) is 7.93. The highest BCUT2D eigenvalue weighted by Crippen LogP contribution is 2.37. The van der Waals surface area contributed by atoms with Crippen molar-refractivity contribution in [3.05, 3.63) is 26.7 Å². The Morgan fingerprint density at radius 3 is 2.27 bits per heavy atom. The first kappa shape index (κ1) is 8.98. The number of phenolic OH excluding ortho intramolecular Hbond substituents is 1. The summed E-state index contributed by atoms with van der Waals surface area (Å²) in [5.74, 6) is -0.0430. The Labute approximate surface area is 79.5 Å². The normalized spacial score (nSPS) is 10.2. The number of aromatic hydroxyl groups is 1. The van der Waals surface area contributed by atoms with E-state index in [4.69, 9.17) is 39.9 Å². The molecule has 1 aromatic rings. The Kier molecular flexibility index (Phi) is 2.53. The minimum atomic E-state index is -0.0430. The first-order valence-electron chi connectivity index (χ1n) is 2.87. The predicted octanol–water partition coefficient (Wildman–Crippen LogP) is 3.66. The average Bonchev–Trinajstić information content (AvgIpc) is 1.97. The molecule has 1 N–H and O–H groups in total. The molecule has 1 nitrogen and oxygen atoms in total. The van der Waals surface area contributed by atoms with Crippen LogP contribution in [-0.4, -0.2) is 5.11 Å². The zero-order chi connectivity index (χ0) is 8.59. The number of rotatable bonds is 0. The van der Waals surface area contributed by atoms with Crippen LogP contribution in [0.25, 0.3) is 0 Å². The van der Waals surface area contributed by atoms with E-state index in [1.165, 1.54) is 6.07 Å². The van der Waals surface area contributed by atoms with E-state index in [-0.39, 0.29) is 10.8 Å². The van der Waals surface area contributed by atoms with Crippen molar-refractivity contribution in [1.29, 1.82) is 0 Å². The molecule has 0 spiro atoms. The predicted molar refractivity (Wildman–Crippen MR) is 47.9 cm³/mol. The van der Waals surface area contributed by atoms with Gasteiger partial charge in [0, 0.05) is 6.07 Å². The molecule has 0 aromatic heterocycles. The summed E-state index contributed by atoms with van der Waals surface area (Å²) in [6.45, 7) is 1.69. The first-order valence-corrected chi connectivity index (χ1v) is 4.00. The molecule has 60 valence electrons. The fourth-order valence-electron chi connectivity index (χ4n) is 0.714. The van der Waals surface area contributed by atoms with Crippen molar-refractivity contribution in [1.82, 2.24) is 0 Å². The fraction of sp³-hybridized carbons (Fsp3) is 0.143. The van der Waals surface area contributed by atoms with Crippen molar-refractivity contribution >= 4 is 34.8 Å². The summed E-state index contributed by atoms with van der Waals surface area (Å²) in [5, 5.41) is 10.1. The van der Waals surface area contributed by atoms with Crippen LogP contribution in [0.2, 0.25) is 15.1 Å². The molecule has 0 aliphatic heterocycles. The zero-order valence-electron chi connectivity index (χ0n) is 5.66. The molecule has 0 amide bonds. The lowest BCUT2D eigenvalue weighted by molar-refractivity contribution is 0.475. The van der Waals surface area contributed by atoms with Crippen molar-refractivity contribution in [2.45, 2.75) is 6.92 Å². The van der Waals surface area contributed by atoms with E-state index in [0.29, 0.717) is 15.6 Å². The first-order chi connectivity index (χ1) is 5.04. The minimum absolute atomic E-state index is 0.0430. The number of hydrogen-bond acceptors (Lipinski definition) is 1. The maximum absolute atomic E-state index is 9.13. The second-order valence-electron chi connectivity index (χ2n) is 2.13. The second-order valence-corrected chi connectivity index (χ2v) is 3.29. The summed E-state index contributed by atoms with van der Waals surface area (Å²) >= 11 is 17.0. The van der Waals surface area contributed by atoms with Crippen molar-refractivity contribution < 1.29 is 5.11 Å². The van der Waals surface area contributed by atoms with Gasteiger partial charge >= 0.3 is 0 Å². The van der Waals surface area contributed by atoms with Crippen LogP contribution in [0.1, 0.15) is 5.56 Å². The lowest BCUT2D eigenvalue weighted by Gasteiger charge is -2.04. The van der Waals surface area contributed by atoms with Gasteiger partial charge in [0.1, 0.15) is 5.75 Å². The van der Waals surface area contributed by atoms with E-state index in [0.717, 1.165) is 0 Å². The van der Waals surface area contributed by atoms with Crippen LogP contribution in [0.4, 0.5) is 0 Å². The summed E-state index contributed by atoms with van der Waals surface area (Å²) in [4.78, 5) is 0. The van der Waals surface area contributed by atoms with Gasteiger partial charge in [-0.15, -0.1) is 0 Å².